The number of carbonyl (C=O) groups excluding carboxylic acids is 1. The number of nitrogens with zero attached hydrogens (tertiary/aromatic N) is 3. The van der Waals surface area contributed by atoms with Crippen molar-refractivity contribution in [2.75, 3.05) is 6.54 Å². The van der Waals surface area contributed by atoms with Crippen LogP contribution in [0.1, 0.15) is 23.3 Å². The minimum atomic E-state index is -0.999. The van der Waals surface area contributed by atoms with Crippen LogP contribution in [0.5, 0.6) is 0 Å². The number of carboxylic acids is 1. The van der Waals surface area contributed by atoms with E-state index in [1.807, 2.05) is 0 Å². The summed E-state index contributed by atoms with van der Waals surface area (Å²) in [4.78, 5) is 31.8. The van der Waals surface area contributed by atoms with Crippen LogP contribution >= 0.6 is 11.6 Å². The Labute approximate surface area is 102 Å². The molecule has 1 aliphatic heterocycles. The van der Waals surface area contributed by atoms with E-state index in [-0.39, 0.29) is 10.7 Å². The summed E-state index contributed by atoms with van der Waals surface area (Å²) in [5, 5.41) is 9.12. The van der Waals surface area contributed by atoms with Crippen LogP contribution in [-0.4, -0.2) is 44.4 Å². The number of hydrogen-bond acceptors (Lipinski definition) is 4. The second-order valence-corrected chi connectivity index (χ2v) is 4.12. The zero-order valence-electron chi connectivity index (χ0n) is 8.84. The Morgan fingerprint density at radius 2 is 2.29 bits per heavy atom. The highest BCUT2D eigenvalue weighted by Crippen LogP contribution is 2.22. The molecule has 0 saturated carbocycles. The Bertz CT molecular complexity index is 466. The molecule has 1 aliphatic rings. The van der Waals surface area contributed by atoms with E-state index in [1.54, 1.807) is 0 Å². The molecule has 1 amide bonds. The molecule has 0 unspecified atom stereocenters. The average Bonchev–Trinajstić information content (AvgIpc) is 2.77. The molecule has 2 rings (SSSR count). The summed E-state index contributed by atoms with van der Waals surface area (Å²) < 4.78 is 0. The Balaban J connectivity index is 2.26. The summed E-state index contributed by atoms with van der Waals surface area (Å²) in [5.74, 6) is -1.46. The van der Waals surface area contributed by atoms with Gasteiger partial charge >= 0.3 is 5.97 Å². The van der Waals surface area contributed by atoms with E-state index in [2.05, 4.69) is 9.97 Å². The number of rotatable bonds is 2. The number of halogens is 1. The number of amides is 1. The van der Waals surface area contributed by atoms with Gasteiger partial charge in [0.2, 0.25) is 0 Å². The molecule has 1 aromatic rings. The maximum Gasteiger partial charge on any atom is 0.326 e. The van der Waals surface area contributed by atoms with Gasteiger partial charge in [-0.05, 0) is 12.8 Å². The smallest absolute Gasteiger partial charge is 0.326 e. The van der Waals surface area contributed by atoms with Crippen molar-refractivity contribution in [1.29, 1.82) is 0 Å². The van der Waals surface area contributed by atoms with Gasteiger partial charge in [0.05, 0.1) is 5.02 Å². The lowest BCUT2D eigenvalue weighted by molar-refractivity contribution is -0.141. The van der Waals surface area contributed by atoms with Crippen LogP contribution in [0.25, 0.3) is 0 Å². The van der Waals surface area contributed by atoms with Crippen LogP contribution in [0.2, 0.25) is 5.02 Å². The van der Waals surface area contributed by atoms with Crippen LogP contribution in [0.3, 0.4) is 0 Å². The minimum absolute atomic E-state index is 0.0508. The van der Waals surface area contributed by atoms with Crippen molar-refractivity contribution in [3.05, 3.63) is 23.2 Å². The molecule has 1 atom stereocenters. The van der Waals surface area contributed by atoms with Crippen molar-refractivity contribution in [3.63, 3.8) is 0 Å². The molecule has 0 aliphatic carbocycles. The largest absolute Gasteiger partial charge is 0.480 e. The fourth-order valence-electron chi connectivity index (χ4n) is 1.87. The Kier molecular flexibility index (Phi) is 3.23. The number of likely N-dealkylation sites (tertiary alicyclic amines) is 1. The first-order chi connectivity index (χ1) is 8.11. The monoisotopic (exact) mass is 255 g/mol. The molecule has 0 radical (unpaired) electrons. The lowest BCUT2D eigenvalue weighted by atomic mass is 10.2. The zero-order chi connectivity index (χ0) is 12.4. The second kappa shape index (κ2) is 4.67. The fourth-order valence-corrected chi connectivity index (χ4v) is 2.06. The first-order valence-electron chi connectivity index (χ1n) is 5.10. The van der Waals surface area contributed by atoms with Crippen molar-refractivity contribution < 1.29 is 14.7 Å². The fraction of sp³-hybridized carbons (Fsp3) is 0.400. The van der Waals surface area contributed by atoms with Gasteiger partial charge in [0.1, 0.15) is 18.1 Å². The van der Waals surface area contributed by atoms with Gasteiger partial charge in [-0.1, -0.05) is 11.6 Å². The molecule has 0 bridgehead atoms. The molecule has 1 saturated heterocycles. The molecule has 1 N–H and O–H groups in total. The van der Waals surface area contributed by atoms with Crippen molar-refractivity contribution in [1.82, 2.24) is 14.9 Å². The highest BCUT2D eigenvalue weighted by molar-refractivity contribution is 6.33. The standard InChI is InChI=1S/C10H10ClN3O3/c11-6-4-12-5-13-8(6)9(15)14-3-1-2-7(14)10(16)17/h4-5,7H,1-3H2,(H,16,17)/t7-/m1/s1. The van der Waals surface area contributed by atoms with Crippen molar-refractivity contribution in [2.24, 2.45) is 0 Å². The predicted molar refractivity (Wildman–Crippen MR) is 58.7 cm³/mol. The van der Waals surface area contributed by atoms with Gasteiger partial charge in [0, 0.05) is 12.7 Å². The number of aromatic nitrogens is 2. The van der Waals surface area contributed by atoms with Crippen LogP contribution in [-0.2, 0) is 4.79 Å². The van der Waals surface area contributed by atoms with E-state index < -0.39 is 17.9 Å². The van der Waals surface area contributed by atoms with Gasteiger partial charge in [-0.2, -0.15) is 0 Å². The molecule has 1 fully saturated rings. The minimum Gasteiger partial charge on any atom is -0.480 e. The topological polar surface area (TPSA) is 83.4 Å². The highest BCUT2D eigenvalue weighted by Gasteiger charge is 2.35. The van der Waals surface area contributed by atoms with Crippen LogP contribution < -0.4 is 0 Å². The Morgan fingerprint density at radius 1 is 1.53 bits per heavy atom. The van der Waals surface area contributed by atoms with Gasteiger partial charge in [0.25, 0.3) is 5.91 Å². The van der Waals surface area contributed by atoms with Gasteiger partial charge in [-0.25, -0.2) is 14.8 Å². The Hall–Kier alpha value is -1.69. The third kappa shape index (κ3) is 2.21. The molecular weight excluding hydrogens is 246 g/mol. The lowest BCUT2D eigenvalue weighted by Gasteiger charge is -2.21. The van der Waals surface area contributed by atoms with Crippen molar-refractivity contribution >= 4 is 23.5 Å². The summed E-state index contributed by atoms with van der Waals surface area (Å²) in [6.07, 6.45) is 3.66. The molecule has 0 spiro atoms. The third-order valence-corrected chi connectivity index (χ3v) is 2.95. The van der Waals surface area contributed by atoms with Crippen LogP contribution in [0, 0.1) is 0 Å². The molecule has 1 aromatic heterocycles. The summed E-state index contributed by atoms with van der Waals surface area (Å²) in [6.45, 7) is 0.413. The molecule has 7 heteroatoms. The Morgan fingerprint density at radius 3 is 2.94 bits per heavy atom. The second-order valence-electron chi connectivity index (χ2n) is 3.71. The number of carboxylic acid groups (broad SMARTS) is 1. The third-order valence-electron chi connectivity index (χ3n) is 2.67. The van der Waals surface area contributed by atoms with Gasteiger partial charge < -0.3 is 10.0 Å². The van der Waals surface area contributed by atoms with Crippen molar-refractivity contribution in [2.45, 2.75) is 18.9 Å². The lowest BCUT2D eigenvalue weighted by Crippen LogP contribution is -2.40. The quantitative estimate of drug-likeness (QED) is 0.846. The predicted octanol–water partition coefficient (Wildman–Crippen LogP) is 0.819. The first kappa shape index (κ1) is 11.8. The van der Waals surface area contributed by atoms with Crippen LogP contribution in [0.4, 0.5) is 0 Å². The van der Waals surface area contributed by atoms with Gasteiger partial charge in [-0.15, -0.1) is 0 Å². The number of hydrogen-bond donors (Lipinski definition) is 1. The molecule has 0 aromatic carbocycles. The number of aliphatic carboxylic acids is 1. The van der Waals surface area contributed by atoms with E-state index in [1.165, 1.54) is 17.4 Å². The molecule has 90 valence electrons. The van der Waals surface area contributed by atoms with E-state index in [0.29, 0.717) is 19.4 Å². The summed E-state index contributed by atoms with van der Waals surface area (Å²) in [7, 11) is 0. The molecule has 2 heterocycles. The molecule has 17 heavy (non-hydrogen) atoms. The summed E-state index contributed by atoms with van der Waals surface area (Å²) >= 11 is 5.80. The van der Waals surface area contributed by atoms with Crippen molar-refractivity contribution in [3.8, 4) is 0 Å². The highest BCUT2D eigenvalue weighted by atomic mass is 35.5. The average molecular weight is 256 g/mol. The molecular formula is C10H10ClN3O3. The van der Waals surface area contributed by atoms with E-state index in [9.17, 15) is 9.59 Å². The summed E-state index contributed by atoms with van der Waals surface area (Å²) in [6, 6.07) is -0.784. The van der Waals surface area contributed by atoms with Crippen LogP contribution in [0.15, 0.2) is 12.5 Å². The normalized spacial score (nSPS) is 19.4. The first-order valence-corrected chi connectivity index (χ1v) is 5.48. The van der Waals surface area contributed by atoms with Gasteiger partial charge in [0.15, 0.2) is 0 Å². The maximum absolute atomic E-state index is 12.1. The van der Waals surface area contributed by atoms with E-state index in [4.69, 9.17) is 16.7 Å². The SMILES string of the molecule is O=C(O)[C@H]1CCCN1C(=O)c1ncncc1Cl. The zero-order valence-corrected chi connectivity index (χ0v) is 9.59. The summed E-state index contributed by atoms with van der Waals surface area (Å²) in [5.41, 5.74) is 0.0508. The van der Waals surface area contributed by atoms with Gasteiger partial charge in [-0.3, -0.25) is 4.79 Å². The molecule has 6 nitrogen and oxygen atoms in total. The van der Waals surface area contributed by atoms with E-state index >= 15 is 0 Å². The maximum atomic E-state index is 12.1. The number of carbonyl (C=O) groups is 2. The van der Waals surface area contributed by atoms with E-state index in [0.717, 1.165) is 0 Å².